The fourth-order valence-corrected chi connectivity index (χ4v) is 6.48. The predicted molar refractivity (Wildman–Crippen MR) is 152 cm³/mol. The first-order valence-corrected chi connectivity index (χ1v) is 14.8. The molecular formula is C29H37N5O5S. The van der Waals surface area contributed by atoms with E-state index in [9.17, 15) is 23.1 Å². The van der Waals surface area contributed by atoms with Crippen LogP contribution in [-0.4, -0.2) is 72.3 Å². The molecule has 0 radical (unpaired) electrons. The molecule has 2 aliphatic heterocycles. The number of amides is 1. The number of rotatable bonds is 9. The van der Waals surface area contributed by atoms with Crippen molar-refractivity contribution in [2.75, 3.05) is 13.1 Å². The molecule has 10 nitrogen and oxygen atoms in total. The van der Waals surface area contributed by atoms with Crippen LogP contribution in [0.25, 0.3) is 0 Å². The molecule has 0 saturated heterocycles. The number of amidine groups is 1. The number of carboxylic acids is 1. The third-order valence-corrected chi connectivity index (χ3v) is 9.10. The maximum Gasteiger partial charge on any atom is 0.326 e. The Morgan fingerprint density at radius 1 is 1.18 bits per heavy atom. The fourth-order valence-electron chi connectivity index (χ4n) is 5.24. The van der Waals surface area contributed by atoms with E-state index in [1.165, 1.54) is 4.90 Å². The van der Waals surface area contributed by atoms with Gasteiger partial charge in [-0.1, -0.05) is 35.9 Å². The number of nitrogens with one attached hydrogen (secondary N) is 2. The van der Waals surface area contributed by atoms with Crippen LogP contribution >= 0.6 is 0 Å². The maximum absolute atomic E-state index is 13.8. The van der Waals surface area contributed by atoms with E-state index in [1.54, 1.807) is 42.5 Å². The van der Waals surface area contributed by atoms with Gasteiger partial charge in [0.05, 0.1) is 4.90 Å². The number of carboxylic acid groups (broad SMARTS) is 1. The molecule has 0 saturated carbocycles. The van der Waals surface area contributed by atoms with Crippen molar-refractivity contribution in [2.24, 2.45) is 5.73 Å². The summed E-state index contributed by atoms with van der Waals surface area (Å²) in [7, 11) is -4.16. The number of nitrogen functional groups attached to an aromatic ring is 1. The molecule has 11 heteroatoms. The molecule has 2 aromatic carbocycles. The van der Waals surface area contributed by atoms with Crippen molar-refractivity contribution in [3.63, 3.8) is 0 Å². The summed E-state index contributed by atoms with van der Waals surface area (Å²) in [6.45, 7) is 7.62. The molecule has 2 atom stereocenters. The van der Waals surface area contributed by atoms with Crippen LogP contribution in [0.1, 0.15) is 49.4 Å². The molecule has 2 heterocycles. The first-order chi connectivity index (χ1) is 18.9. The first-order valence-electron chi connectivity index (χ1n) is 13.4. The van der Waals surface area contributed by atoms with Gasteiger partial charge in [0.25, 0.3) is 0 Å². The smallest absolute Gasteiger partial charge is 0.326 e. The lowest BCUT2D eigenvalue weighted by Crippen LogP contribution is -2.55. The van der Waals surface area contributed by atoms with Gasteiger partial charge in [0.1, 0.15) is 17.9 Å². The van der Waals surface area contributed by atoms with Crippen molar-refractivity contribution in [1.29, 1.82) is 5.41 Å². The van der Waals surface area contributed by atoms with E-state index in [1.807, 2.05) is 13.0 Å². The Kier molecular flexibility index (Phi) is 8.77. The van der Waals surface area contributed by atoms with Crippen LogP contribution in [0.15, 0.2) is 59.0 Å². The average Bonchev–Trinajstić information content (AvgIpc) is 2.91. The molecule has 5 N–H and O–H groups in total. The van der Waals surface area contributed by atoms with Crippen LogP contribution in [0.3, 0.4) is 0 Å². The number of hydrogen-bond acceptors (Lipinski definition) is 6. The molecule has 0 fully saturated rings. The zero-order valence-electron chi connectivity index (χ0n) is 23.1. The van der Waals surface area contributed by atoms with Gasteiger partial charge in [0.15, 0.2) is 0 Å². The summed E-state index contributed by atoms with van der Waals surface area (Å²) < 4.78 is 30.0. The van der Waals surface area contributed by atoms with Crippen molar-refractivity contribution < 1.29 is 23.1 Å². The number of carbonyl (C=O) groups excluding carboxylic acids is 1. The lowest BCUT2D eigenvalue weighted by molar-refractivity contribution is -0.150. The Labute approximate surface area is 235 Å². The first kappa shape index (κ1) is 29.4. The van der Waals surface area contributed by atoms with Gasteiger partial charge in [-0.15, -0.1) is 0 Å². The molecule has 2 aliphatic rings. The quantitative estimate of drug-likeness (QED) is 0.206. The summed E-state index contributed by atoms with van der Waals surface area (Å²) in [4.78, 5) is 29.4. The normalized spacial score (nSPS) is 18.6. The van der Waals surface area contributed by atoms with E-state index >= 15 is 0 Å². The molecule has 0 aromatic heterocycles. The molecule has 1 amide bonds. The fraction of sp³-hybridized carbons (Fsp3) is 0.414. The Morgan fingerprint density at radius 2 is 1.93 bits per heavy atom. The number of sulfonamides is 1. The van der Waals surface area contributed by atoms with E-state index in [0.717, 1.165) is 29.7 Å². The SMILES string of the molecule is CC1=CCN(C(=O)[C@H](Cc2cccc(C(=N)N)c2)NS(=O)(=O)c2ccc3c(c2)CN(C(C)C)CC3)[C@@H](C(=O)O)C1. The maximum atomic E-state index is 13.8. The number of nitrogens with zero attached hydrogens (tertiary/aromatic N) is 2. The second-order valence-corrected chi connectivity index (χ2v) is 12.6. The van der Waals surface area contributed by atoms with Crippen LogP contribution in [0.5, 0.6) is 0 Å². The van der Waals surface area contributed by atoms with Crippen LogP contribution in [0.4, 0.5) is 0 Å². The van der Waals surface area contributed by atoms with Gasteiger partial charge in [-0.3, -0.25) is 15.1 Å². The van der Waals surface area contributed by atoms with E-state index in [0.29, 0.717) is 23.7 Å². The van der Waals surface area contributed by atoms with Gasteiger partial charge < -0.3 is 15.7 Å². The second-order valence-electron chi connectivity index (χ2n) is 10.8. The highest BCUT2D eigenvalue weighted by atomic mass is 32.2. The van der Waals surface area contributed by atoms with Crippen molar-refractivity contribution in [3.8, 4) is 0 Å². The number of nitrogens with two attached hydrogens (primary N) is 1. The highest BCUT2D eigenvalue weighted by Crippen LogP contribution is 2.25. The van der Waals surface area contributed by atoms with E-state index in [-0.39, 0.29) is 30.1 Å². The number of benzene rings is 2. The highest BCUT2D eigenvalue weighted by Gasteiger charge is 2.37. The average molecular weight is 568 g/mol. The standard InChI is InChI=1S/C29H37N5O5S/c1-18(2)33-11-10-21-7-8-24(16-23(21)17-33)40(38,39)32-25(15-20-5-4-6-22(14-20)27(30)31)28(35)34-12-9-19(3)13-26(34)29(36)37/h4-9,14,16,18,25-26,32H,10-13,15,17H2,1-3H3,(H3,30,31)(H,36,37)/t25-,26+/m0/s1. The lowest BCUT2D eigenvalue weighted by atomic mass is 9.98. The molecular weight excluding hydrogens is 530 g/mol. The van der Waals surface area contributed by atoms with Gasteiger partial charge in [0.2, 0.25) is 15.9 Å². The van der Waals surface area contributed by atoms with Crippen LogP contribution in [0, 0.1) is 5.41 Å². The van der Waals surface area contributed by atoms with Gasteiger partial charge in [-0.05, 0) is 74.9 Å². The minimum atomic E-state index is -4.16. The Bertz CT molecular complexity index is 1450. The van der Waals surface area contributed by atoms with Crippen molar-refractivity contribution in [2.45, 2.75) is 69.6 Å². The van der Waals surface area contributed by atoms with Crippen molar-refractivity contribution >= 4 is 27.7 Å². The van der Waals surface area contributed by atoms with Gasteiger partial charge in [0, 0.05) is 31.2 Å². The zero-order valence-corrected chi connectivity index (χ0v) is 23.9. The predicted octanol–water partition coefficient (Wildman–Crippen LogP) is 2.26. The van der Waals surface area contributed by atoms with E-state index in [4.69, 9.17) is 11.1 Å². The number of fused-ring (bicyclic) bond motifs is 1. The third kappa shape index (κ3) is 6.60. The molecule has 0 aliphatic carbocycles. The number of carbonyl (C=O) groups is 2. The Balaban J connectivity index is 1.68. The summed E-state index contributed by atoms with van der Waals surface area (Å²) in [5.41, 5.74) is 9.55. The largest absolute Gasteiger partial charge is 0.480 e. The summed E-state index contributed by atoms with van der Waals surface area (Å²) in [6, 6.07) is 9.67. The van der Waals surface area contributed by atoms with Crippen molar-refractivity contribution in [3.05, 3.63) is 76.4 Å². The molecule has 40 heavy (non-hydrogen) atoms. The van der Waals surface area contributed by atoms with Gasteiger partial charge >= 0.3 is 5.97 Å². The zero-order chi connectivity index (χ0) is 29.2. The number of aliphatic carboxylic acids is 1. The molecule has 4 rings (SSSR count). The van der Waals surface area contributed by atoms with Crippen molar-refractivity contribution in [1.82, 2.24) is 14.5 Å². The molecule has 214 valence electrons. The Morgan fingerprint density at radius 3 is 2.60 bits per heavy atom. The molecule has 0 bridgehead atoms. The third-order valence-electron chi connectivity index (χ3n) is 7.63. The van der Waals surface area contributed by atoms with Gasteiger partial charge in [-0.2, -0.15) is 4.72 Å². The number of hydrogen-bond donors (Lipinski definition) is 4. The van der Waals surface area contributed by atoms with E-state index in [2.05, 4.69) is 23.5 Å². The van der Waals surface area contributed by atoms with Gasteiger partial charge in [-0.25, -0.2) is 13.2 Å². The lowest BCUT2D eigenvalue weighted by Gasteiger charge is -2.35. The minimum absolute atomic E-state index is 0.0449. The topological polar surface area (TPSA) is 157 Å². The summed E-state index contributed by atoms with van der Waals surface area (Å²) in [5, 5.41) is 17.6. The Hall–Kier alpha value is -3.54. The van der Waals surface area contributed by atoms with Crippen LogP contribution in [-0.2, 0) is 39.0 Å². The second kappa shape index (κ2) is 11.9. The molecule has 0 unspecified atom stereocenters. The summed E-state index contributed by atoms with van der Waals surface area (Å²) in [5.74, 6) is -1.93. The van der Waals surface area contributed by atoms with Crippen LogP contribution < -0.4 is 10.5 Å². The minimum Gasteiger partial charge on any atom is -0.480 e. The van der Waals surface area contributed by atoms with Crippen LogP contribution in [0.2, 0.25) is 0 Å². The molecule has 0 spiro atoms. The molecule has 2 aromatic rings. The summed E-state index contributed by atoms with van der Waals surface area (Å²) >= 11 is 0. The highest BCUT2D eigenvalue weighted by molar-refractivity contribution is 7.89. The monoisotopic (exact) mass is 567 g/mol. The summed E-state index contributed by atoms with van der Waals surface area (Å²) in [6.07, 6.45) is 2.73. The van der Waals surface area contributed by atoms with E-state index < -0.39 is 34.0 Å².